The Kier molecular flexibility index (Phi) is 2.23. The van der Waals surface area contributed by atoms with Crippen molar-refractivity contribution in [2.45, 2.75) is 19.8 Å². The third-order valence-electron chi connectivity index (χ3n) is 3.38. The van der Waals surface area contributed by atoms with Crippen LogP contribution in [0.2, 0.25) is 0 Å². The first-order chi connectivity index (χ1) is 8.59. The van der Waals surface area contributed by atoms with Crippen molar-refractivity contribution in [3.63, 3.8) is 0 Å². The minimum Gasteiger partial charge on any atom is -0.508 e. The van der Waals surface area contributed by atoms with Gasteiger partial charge in [-0.05, 0) is 24.1 Å². The van der Waals surface area contributed by atoms with Gasteiger partial charge in [0.05, 0.1) is 11.0 Å². The molecule has 1 heterocycles. The minimum atomic E-state index is 0.212. The SMILES string of the molecule is CC(C)c1c(O)ccc2c1[nH]c1c(O)cccc12. The number of benzene rings is 2. The third kappa shape index (κ3) is 1.37. The maximum Gasteiger partial charge on any atom is 0.139 e. The Balaban J connectivity index is 2.53. The number of aromatic hydroxyl groups is 2. The van der Waals surface area contributed by atoms with E-state index in [9.17, 15) is 10.2 Å². The number of aromatic nitrogens is 1. The molecule has 0 fully saturated rings. The van der Waals surface area contributed by atoms with Crippen molar-refractivity contribution in [1.82, 2.24) is 4.98 Å². The zero-order valence-electron chi connectivity index (χ0n) is 10.4. The molecule has 0 aliphatic carbocycles. The molecule has 3 aromatic rings. The first-order valence-electron chi connectivity index (χ1n) is 6.05. The Morgan fingerprint density at radius 2 is 1.61 bits per heavy atom. The molecular formula is C15H15NO2. The summed E-state index contributed by atoms with van der Waals surface area (Å²) in [4.78, 5) is 3.23. The lowest BCUT2D eigenvalue weighted by atomic mass is 9.99. The molecule has 3 heteroatoms. The largest absolute Gasteiger partial charge is 0.508 e. The highest BCUT2D eigenvalue weighted by Crippen LogP contribution is 2.38. The average Bonchev–Trinajstić information content (AvgIpc) is 2.68. The normalized spacial score (nSPS) is 11.7. The predicted molar refractivity (Wildman–Crippen MR) is 73.2 cm³/mol. The summed E-state index contributed by atoms with van der Waals surface area (Å²) >= 11 is 0. The fraction of sp³-hybridized carbons (Fsp3) is 0.200. The van der Waals surface area contributed by atoms with Crippen LogP contribution in [0.15, 0.2) is 30.3 Å². The van der Waals surface area contributed by atoms with Crippen LogP contribution in [-0.4, -0.2) is 15.2 Å². The number of hydrogen-bond acceptors (Lipinski definition) is 2. The van der Waals surface area contributed by atoms with Crippen LogP contribution in [-0.2, 0) is 0 Å². The third-order valence-corrected chi connectivity index (χ3v) is 3.38. The smallest absolute Gasteiger partial charge is 0.139 e. The summed E-state index contributed by atoms with van der Waals surface area (Å²) in [5, 5.41) is 21.9. The Morgan fingerprint density at radius 3 is 2.33 bits per heavy atom. The molecule has 0 saturated heterocycles. The molecule has 3 nitrogen and oxygen atoms in total. The molecule has 0 radical (unpaired) electrons. The number of H-pyrrole nitrogens is 1. The fourth-order valence-electron chi connectivity index (χ4n) is 2.57. The van der Waals surface area contributed by atoms with Crippen molar-refractivity contribution in [3.05, 3.63) is 35.9 Å². The first-order valence-corrected chi connectivity index (χ1v) is 6.05. The van der Waals surface area contributed by atoms with E-state index < -0.39 is 0 Å². The van der Waals surface area contributed by atoms with Crippen LogP contribution in [0.3, 0.4) is 0 Å². The van der Waals surface area contributed by atoms with Gasteiger partial charge in [-0.2, -0.15) is 0 Å². The highest BCUT2D eigenvalue weighted by molar-refractivity contribution is 6.10. The number of nitrogens with one attached hydrogen (secondary N) is 1. The molecule has 92 valence electrons. The van der Waals surface area contributed by atoms with Crippen molar-refractivity contribution in [2.24, 2.45) is 0 Å². The molecule has 0 spiro atoms. The van der Waals surface area contributed by atoms with E-state index in [1.165, 1.54) is 0 Å². The summed E-state index contributed by atoms with van der Waals surface area (Å²) in [5.74, 6) is 0.741. The number of rotatable bonds is 1. The van der Waals surface area contributed by atoms with Gasteiger partial charge in [0.2, 0.25) is 0 Å². The van der Waals surface area contributed by atoms with Crippen LogP contribution in [0.25, 0.3) is 21.8 Å². The topological polar surface area (TPSA) is 56.2 Å². The quantitative estimate of drug-likeness (QED) is 0.606. The second-order valence-corrected chi connectivity index (χ2v) is 4.90. The minimum absolute atomic E-state index is 0.212. The van der Waals surface area contributed by atoms with Gasteiger partial charge < -0.3 is 15.2 Å². The highest BCUT2D eigenvalue weighted by atomic mass is 16.3. The fourth-order valence-corrected chi connectivity index (χ4v) is 2.57. The van der Waals surface area contributed by atoms with E-state index in [1.54, 1.807) is 12.1 Å². The van der Waals surface area contributed by atoms with Crippen molar-refractivity contribution in [2.75, 3.05) is 0 Å². The standard InChI is InChI=1S/C15H15NO2/c1-8(2)13-11(17)7-6-10-9-4-3-5-12(18)14(9)16-15(10)13/h3-8,16-18H,1-2H3. The average molecular weight is 241 g/mol. The Labute approximate surface area is 105 Å². The van der Waals surface area contributed by atoms with Gasteiger partial charge in [-0.3, -0.25) is 0 Å². The van der Waals surface area contributed by atoms with E-state index in [4.69, 9.17) is 0 Å². The molecule has 0 bridgehead atoms. The van der Waals surface area contributed by atoms with Crippen LogP contribution >= 0.6 is 0 Å². The zero-order valence-corrected chi connectivity index (χ0v) is 10.4. The van der Waals surface area contributed by atoms with Gasteiger partial charge in [0, 0.05) is 16.3 Å². The summed E-state index contributed by atoms with van der Waals surface area (Å²) < 4.78 is 0. The molecule has 0 amide bonds. The first kappa shape index (κ1) is 11.0. The molecule has 0 saturated carbocycles. The number of aromatic amines is 1. The van der Waals surface area contributed by atoms with Gasteiger partial charge in [-0.25, -0.2) is 0 Å². The van der Waals surface area contributed by atoms with E-state index >= 15 is 0 Å². The van der Waals surface area contributed by atoms with E-state index in [2.05, 4.69) is 4.98 Å². The van der Waals surface area contributed by atoms with Gasteiger partial charge in [-0.1, -0.05) is 26.0 Å². The van der Waals surface area contributed by atoms with E-state index in [-0.39, 0.29) is 11.7 Å². The van der Waals surface area contributed by atoms with Crippen molar-refractivity contribution in [3.8, 4) is 11.5 Å². The van der Waals surface area contributed by atoms with Gasteiger partial charge >= 0.3 is 0 Å². The van der Waals surface area contributed by atoms with E-state index in [0.717, 1.165) is 27.4 Å². The number of para-hydroxylation sites is 1. The lowest BCUT2D eigenvalue weighted by molar-refractivity contribution is 0.466. The number of hydrogen-bond donors (Lipinski definition) is 3. The molecule has 0 aliphatic heterocycles. The summed E-state index contributed by atoms with van der Waals surface area (Å²) in [6.07, 6.45) is 0. The Bertz CT molecular complexity index is 741. The Hall–Kier alpha value is -2.16. The van der Waals surface area contributed by atoms with Crippen LogP contribution in [0.1, 0.15) is 25.3 Å². The molecule has 3 N–H and O–H groups in total. The summed E-state index contributed by atoms with van der Waals surface area (Å²) in [5.41, 5.74) is 2.52. The molecular weight excluding hydrogens is 226 g/mol. The van der Waals surface area contributed by atoms with Gasteiger partial charge in [0.25, 0.3) is 0 Å². The highest BCUT2D eigenvalue weighted by Gasteiger charge is 2.15. The maximum atomic E-state index is 9.99. The Morgan fingerprint density at radius 1 is 0.889 bits per heavy atom. The molecule has 3 rings (SSSR count). The number of fused-ring (bicyclic) bond motifs is 3. The van der Waals surface area contributed by atoms with Crippen molar-refractivity contribution >= 4 is 21.8 Å². The summed E-state index contributed by atoms with van der Waals surface area (Å²) in [6.45, 7) is 4.08. The zero-order chi connectivity index (χ0) is 12.9. The van der Waals surface area contributed by atoms with Crippen molar-refractivity contribution in [1.29, 1.82) is 0 Å². The second-order valence-electron chi connectivity index (χ2n) is 4.90. The molecule has 0 unspecified atom stereocenters. The number of phenolic OH excluding ortho intramolecular Hbond substituents is 2. The summed E-state index contributed by atoms with van der Waals surface area (Å²) in [6, 6.07) is 9.05. The van der Waals surface area contributed by atoms with Crippen molar-refractivity contribution < 1.29 is 10.2 Å². The van der Waals surface area contributed by atoms with Gasteiger partial charge in [0.1, 0.15) is 11.5 Å². The van der Waals surface area contributed by atoms with Gasteiger partial charge in [-0.15, -0.1) is 0 Å². The molecule has 18 heavy (non-hydrogen) atoms. The maximum absolute atomic E-state index is 9.99. The lowest BCUT2D eigenvalue weighted by Gasteiger charge is -2.09. The van der Waals surface area contributed by atoms with E-state index in [0.29, 0.717) is 5.75 Å². The molecule has 1 aromatic heterocycles. The molecule has 0 aliphatic rings. The summed E-state index contributed by atoms with van der Waals surface area (Å²) in [7, 11) is 0. The monoisotopic (exact) mass is 241 g/mol. The van der Waals surface area contributed by atoms with Crippen LogP contribution < -0.4 is 0 Å². The van der Waals surface area contributed by atoms with Crippen LogP contribution in [0.4, 0.5) is 0 Å². The van der Waals surface area contributed by atoms with Gasteiger partial charge in [0.15, 0.2) is 0 Å². The van der Waals surface area contributed by atoms with E-state index in [1.807, 2.05) is 32.0 Å². The molecule has 0 atom stereocenters. The lowest BCUT2D eigenvalue weighted by Crippen LogP contribution is -1.89. The van der Waals surface area contributed by atoms with Crippen LogP contribution in [0, 0.1) is 0 Å². The van der Waals surface area contributed by atoms with Crippen LogP contribution in [0.5, 0.6) is 11.5 Å². The molecule has 2 aromatic carbocycles. The second kappa shape index (κ2) is 3.67. The predicted octanol–water partition coefficient (Wildman–Crippen LogP) is 3.86. The number of phenols is 2.